The Labute approximate surface area is 119 Å². The maximum atomic E-state index is 6.27. The Morgan fingerprint density at radius 1 is 1.21 bits per heavy atom. The van der Waals surface area contributed by atoms with Gasteiger partial charge in [0.05, 0.1) is 0 Å². The molecule has 0 aliphatic heterocycles. The number of rotatable bonds is 7. The van der Waals surface area contributed by atoms with E-state index in [0.29, 0.717) is 0 Å². The van der Waals surface area contributed by atoms with Gasteiger partial charge in [0.15, 0.2) is 0 Å². The molecule has 19 heavy (non-hydrogen) atoms. The lowest BCUT2D eigenvalue weighted by atomic mass is 10.2. The zero-order valence-corrected chi connectivity index (χ0v) is 13.7. The standard InChI is InChI=1S/C17H26OSi/c1-5-7-8-10-13-16(6-2)18-19(3,4)17-14-11-9-12-15-17/h9-12,14-15H,5-8H2,1-4H3. The first-order valence-corrected chi connectivity index (χ1v) is 10.2. The van der Waals surface area contributed by atoms with Gasteiger partial charge in [-0.25, -0.2) is 0 Å². The number of benzene rings is 1. The molecule has 0 aromatic heterocycles. The lowest BCUT2D eigenvalue weighted by Gasteiger charge is -2.25. The van der Waals surface area contributed by atoms with Crippen molar-refractivity contribution in [1.29, 1.82) is 0 Å². The molecule has 0 aliphatic carbocycles. The van der Waals surface area contributed by atoms with Crippen LogP contribution in [0.5, 0.6) is 0 Å². The van der Waals surface area contributed by atoms with E-state index in [0.717, 1.165) is 18.6 Å². The van der Waals surface area contributed by atoms with Crippen LogP contribution in [0.1, 0.15) is 39.5 Å². The van der Waals surface area contributed by atoms with Crippen LogP contribution in [0.3, 0.4) is 0 Å². The Balaban J connectivity index is 2.77. The van der Waals surface area contributed by atoms with Gasteiger partial charge in [-0.2, -0.15) is 0 Å². The molecule has 0 aliphatic rings. The Morgan fingerprint density at radius 2 is 1.89 bits per heavy atom. The summed E-state index contributed by atoms with van der Waals surface area (Å²) in [5.74, 6) is 0.997. The molecule has 2 heteroatoms. The minimum atomic E-state index is -1.85. The zero-order valence-electron chi connectivity index (χ0n) is 12.7. The molecule has 0 unspecified atom stereocenters. The van der Waals surface area contributed by atoms with Crippen molar-refractivity contribution < 1.29 is 4.43 Å². The topological polar surface area (TPSA) is 9.23 Å². The molecular formula is C17H26OSi. The monoisotopic (exact) mass is 274 g/mol. The molecule has 0 radical (unpaired) electrons. The SMILES string of the molecule is CCCCC=C=C(CC)O[Si](C)(C)c1ccccc1. The minimum Gasteiger partial charge on any atom is -0.537 e. The second kappa shape index (κ2) is 8.03. The van der Waals surface area contributed by atoms with E-state index in [9.17, 15) is 0 Å². The van der Waals surface area contributed by atoms with Crippen molar-refractivity contribution in [1.82, 2.24) is 0 Å². The highest BCUT2D eigenvalue weighted by Crippen LogP contribution is 2.13. The molecule has 0 fully saturated rings. The van der Waals surface area contributed by atoms with Crippen molar-refractivity contribution in [3.63, 3.8) is 0 Å². The van der Waals surface area contributed by atoms with E-state index in [1.54, 1.807) is 0 Å². The molecular weight excluding hydrogens is 248 g/mol. The lowest BCUT2D eigenvalue weighted by Crippen LogP contribution is -2.44. The highest BCUT2D eigenvalue weighted by molar-refractivity contribution is 6.84. The van der Waals surface area contributed by atoms with E-state index < -0.39 is 8.32 Å². The summed E-state index contributed by atoms with van der Waals surface area (Å²) in [5.41, 5.74) is 3.33. The average Bonchev–Trinajstić information content (AvgIpc) is 2.43. The van der Waals surface area contributed by atoms with Gasteiger partial charge in [0.25, 0.3) is 8.32 Å². The fourth-order valence-corrected chi connectivity index (χ4v) is 3.83. The van der Waals surface area contributed by atoms with Gasteiger partial charge in [-0.05, 0) is 37.2 Å². The normalized spacial score (nSPS) is 10.7. The van der Waals surface area contributed by atoms with Crippen LogP contribution in [-0.4, -0.2) is 8.32 Å². The Hall–Kier alpha value is -1.24. The number of allylic oxidation sites excluding steroid dienone is 1. The highest BCUT2D eigenvalue weighted by atomic mass is 28.4. The summed E-state index contributed by atoms with van der Waals surface area (Å²) in [6.07, 6.45) is 6.58. The van der Waals surface area contributed by atoms with Gasteiger partial charge in [-0.1, -0.05) is 56.3 Å². The quantitative estimate of drug-likeness (QED) is 0.302. The number of unbranched alkanes of at least 4 members (excludes halogenated alkanes) is 2. The zero-order chi connectivity index (χ0) is 14.1. The first-order chi connectivity index (χ1) is 9.10. The molecule has 0 saturated carbocycles. The number of hydrogen-bond donors (Lipinski definition) is 0. The van der Waals surface area contributed by atoms with Crippen LogP contribution in [0.15, 0.2) is 47.9 Å². The third kappa shape index (κ3) is 5.50. The number of hydrogen-bond acceptors (Lipinski definition) is 1. The van der Waals surface area contributed by atoms with Gasteiger partial charge >= 0.3 is 0 Å². The largest absolute Gasteiger partial charge is 0.537 e. The van der Waals surface area contributed by atoms with Crippen molar-refractivity contribution in [2.45, 2.75) is 52.6 Å². The molecule has 0 saturated heterocycles. The third-order valence-corrected chi connectivity index (χ3v) is 5.61. The van der Waals surface area contributed by atoms with Crippen molar-refractivity contribution in [2.75, 3.05) is 0 Å². The molecule has 0 atom stereocenters. The summed E-state index contributed by atoms with van der Waals surface area (Å²) in [4.78, 5) is 0. The molecule has 0 heterocycles. The summed E-state index contributed by atoms with van der Waals surface area (Å²) < 4.78 is 6.27. The van der Waals surface area contributed by atoms with Gasteiger partial charge in [0.2, 0.25) is 0 Å². The summed E-state index contributed by atoms with van der Waals surface area (Å²) in [6.45, 7) is 8.82. The van der Waals surface area contributed by atoms with Crippen LogP contribution < -0.4 is 5.19 Å². The third-order valence-electron chi connectivity index (χ3n) is 3.13. The van der Waals surface area contributed by atoms with E-state index in [4.69, 9.17) is 4.43 Å². The molecule has 0 N–H and O–H groups in total. The molecule has 104 valence electrons. The summed E-state index contributed by atoms with van der Waals surface area (Å²) in [6, 6.07) is 10.6. The predicted molar refractivity (Wildman–Crippen MR) is 86.1 cm³/mol. The minimum absolute atomic E-state index is 0.909. The van der Waals surface area contributed by atoms with Gasteiger partial charge in [-0.3, -0.25) is 0 Å². The molecule has 0 bridgehead atoms. The van der Waals surface area contributed by atoms with E-state index in [-0.39, 0.29) is 0 Å². The van der Waals surface area contributed by atoms with Gasteiger partial charge in [0, 0.05) is 6.42 Å². The van der Waals surface area contributed by atoms with E-state index in [1.807, 2.05) is 0 Å². The van der Waals surface area contributed by atoms with Crippen molar-refractivity contribution >= 4 is 13.5 Å². The van der Waals surface area contributed by atoms with Gasteiger partial charge in [0.1, 0.15) is 5.76 Å². The average molecular weight is 274 g/mol. The van der Waals surface area contributed by atoms with Crippen LogP contribution in [-0.2, 0) is 4.43 Å². The molecule has 1 nitrogen and oxygen atoms in total. The van der Waals surface area contributed by atoms with Gasteiger partial charge < -0.3 is 4.43 Å². The Morgan fingerprint density at radius 3 is 2.47 bits per heavy atom. The molecule has 1 aromatic rings. The van der Waals surface area contributed by atoms with Crippen LogP contribution in [0.4, 0.5) is 0 Å². The smallest absolute Gasteiger partial charge is 0.277 e. The first kappa shape index (κ1) is 15.8. The van der Waals surface area contributed by atoms with Crippen molar-refractivity contribution in [2.24, 2.45) is 0 Å². The highest BCUT2D eigenvalue weighted by Gasteiger charge is 2.27. The van der Waals surface area contributed by atoms with E-state index in [1.165, 1.54) is 18.0 Å². The molecule has 1 aromatic carbocycles. The van der Waals surface area contributed by atoms with Crippen LogP contribution >= 0.6 is 0 Å². The van der Waals surface area contributed by atoms with Crippen LogP contribution in [0, 0.1) is 0 Å². The summed E-state index contributed by atoms with van der Waals surface area (Å²) >= 11 is 0. The molecule has 0 spiro atoms. The summed E-state index contributed by atoms with van der Waals surface area (Å²) in [7, 11) is -1.85. The maximum absolute atomic E-state index is 6.27. The predicted octanol–water partition coefficient (Wildman–Crippen LogP) is 4.75. The second-order valence-corrected chi connectivity index (χ2v) is 9.05. The molecule has 1 rings (SSSR count). The van der Waals surface area contributed by atoms with Crippen LogP contribution in [0.25, 0.3) is 0 Å². The van der Waals surface area contributed by atoms with E-state index in [2.05, 4.69) is 69.1 Å². The summed E-state index contributed by atoms with van der Waals surface area (Å²) in [5, 5.41) is 1.33. The second-order valence-electron chi connectivity index (χ2n) is 5.25. The Kier molecular flexibility index (Phi) is 6.69. The van der Waals surface area contributed by atoms with Crippen molar-refractivity contribution in [3.05, 3.63) is 47.9 Å². The van der Waals surface area contributed by atoms with Gasteiger partial charge in [-0.15, -0.1) is 0 Å². The maximum Gasteiger partial charge on any atom is 0.277 e. The fraction of sp³-hybridized carbons (Fsp3) is 0.471. The van der Waals surface area contributed by atoms with Crippen molar-refractivity contribution in [3.8, 4) is 0 Å². The lowest BCUT2D eigenvalue weighted by molar-refractivity contribution is 0.412. The van der Waals surface area contributed by atoms with E-state index >= 15 is 0 Å². The van der Waals surface area contributed by atoms with Crippen LogP contribution in [0.2, 0.25) is 13.1 Å². The first-order valence-electron chi connectivity index (χ1n) is 7.28. The fourth-order valence-electron chi connectivity index (χ4n) is 1.90. The Bertz CT molecular complexity index is 428. The molecule has 0 amide bonds.